The van der Waals surface area contributed by atoms with Gasteiger partial charge in [-0.3, -0.25) is 4.79 Å². The van der Waals surface area contributed by atoms with Crippen LogP contribution in [-0.4, -0.2) is 14.3 Å². The number of amides is 1. The summed E-state index contributed by atoms with van der Waals surface area (Å²) in [6.07, 6.45) is 0. The van der Waals surface area contributed by atoms with Crippen molar-refractivity contribution in [2.24, 2.45) is 5.14 Å². The molecule has 1 aromatic carbocycles. The average molecular weight is 349 g/mol. The molecule has 0 spiro atoms. The van der Waals surface area contributed by atoms with Crippen molar-refractivity contribution in [1.82, 2.24) is 0 Å². The van der Waals surface area contributed by atoms with E-state index < -0.39 is 15.9 Å². The second-order valence-corrected chi connectivity index (χ2v) is 6.55. The van der Waals surface area contributed by atoms with Gasteiger partial charge in [0, 0.05) is 0 Å². The highest BCUT2D eigenvalue weighted by Crippen LogP contribution is 2.33. The largest absolute Gasteiger partial charge is 0.456 e. The van der Waals surface area contributed by atoms with Crippen LogP contribution in [0, 0.1) is 6.92 Å². The molecule has 6 nitrogen and oxygen atoms in total. The summed E-state index contributed by atoms with van der Waals surface area (Å²) in [5.74, 6) is 0.0901. The number of nitrogens with one attached hydrogen (secondary N) is 1. The number of hydrogen-bond donors (Lipinski definition) is 2. The number of furan rings is 1. The average Bonchev–Trinajstić information content (AvgIpc) is 2.79. The first-order chi connectivity index (χ1) is 9.68. The molecule has 0 saturated carbocycles. The summed E-state index contributed by atoms with van der Waals surface area (Å²) in [5.41, 5.74) is 0.0739. The molecule has 0 atom stereocenters. The van der Waals surface area contributed by atoms with E-state index in [4.69, 9.17) is 32.8 Å². The first-order valence-electron chi connectivity index (χ1n) is 5.58. The molecule has 0 aliphatic rings. The van der Waals surface area contributed by atoms with Crippen LogP contribution in [0.1, 0.15) is 16.3 Å². The SMILES string of the molecule is Cc1ccc(C(=O)Nc2c(Cl)cc(S(N)(=O)=O)cc2Cl)o1. The molecule has 21 heavy (non-hydrogen) atoms. The van der Waals surface area contributed by atoms with E-state index in [1.807, 2.05) is 0 Å². The Bertz CT molecular complexity index is 791. The molecular formula is C12H10Cl2N2O4S. The molecule has 1 heterocycles. The van der Waals surface area contributed by atoms with Crippen molar-refractivity contribution in [3.8, 4) is 0 Å². The van der Waals surface area contributed by atoms with Gasteiger partial charge in [0.05, 0.1) is 20.6 Å². The number of aryl methyl sites for hydroxylation is 1. The molecule has 0 saturated heterocycles. The van der Waals surface area contributed by atoms with Crippen molar-refractivity contribution in [2.45, 2.75) is 11.8 Å². The lowest BCUT2D eigenvalue weighted by atomic mass is 10.3. The Balaban J connectivity index is 2.35. The zero-order valence-electron chi connectivity index (χ0n) is 10.7. The Hall–Kier alpha value is -1.54. The van der Waals surface area contributed by atoms with Gasteiger partial charge in [-0.1, -0.05) is 23.2 Å². The smallest absolute Gasteiger partial charge is 0.291 e. The zero-order valence-corrected chi connectivity index (χ0v) is 13.0. The molecular weight excluding hydrogens is 339 g/mol. The number of hydrogen-bond acceptors (Lipinski definition) is 4. The first kappa shape index (κ1) is 15.8. The van der Waals surface area contributed by atoms with E-state index in [9.17, 15) is 13.2 Å². The van der Waals surface area contributed by atoms with Crippen LogP contribution in [-0.2, 0) is 10.0 Å². The Kier molecular flexibility index (Phi) is 4.29. The maximum Gasteiger partial charge on any atom is 0.291 e. The van der Waals surface area contributed by atoms with Gasteiger partial charge in [-0.05, 0) is 31.2 Å². The molecule has 0 fully saturated rings. The monoisotopic (exact) mass is 348 g/mol. The summed E-state index contributed by atoms with van der Waals surface area (Å²) in [5, 5.41) is 7.34. The quantitative estimate of drug-likeness (QED) is 0.889. The summed E-state index contributed by atoms with van der Waals surface area (Å²) in [6.45, 7) is 1.69. The Morgan fingerprint density at radius 3 is 2.24 bits per heavy atom. The van der Waals surface area contributed by atoms with Gasteiger partial charge in [0.25, 0.3) is 5.91 Å². The topological polar surface area (TPSA) is 102 Å². The highest BCUT2D eigenvalue weighted by molar-refractivity contribution is 7.89. The number of primary sulfonamides is 1. The lowest BCUT2D eigenvalue weighted by Crippen LogP contribution is -2.14. The minimum atomic E-state index is -3.94. The van der Waals surface area contributed by atoms with Gasteiger partial charge in [0.2, 0.25) is 10.0 Å². The lowest BCUT2D eigenvalue weighted by molar-refractivity contribution is 0.0995. The fraction of sp³-hybridized carbons (Fsp3) is 0.0833. The number of halogens is 2. The highest BCUT2D eigenvalue weighted by atomic mass is 35.5. The number of sulfonamides is 1. The van der Waals surface area contributed by atoms with Gasteiger partial charge in [-0.25, -0.2) is 13.6 Å². The third kappa shape index (κ3) is 3.56. The number of nitrogens with two attached hydrogens (primary N) is 1. The predicted molar refractivity (Wildman–Crippen MR) is 79.2 cm³/mol. The van der Waals surface area contributed by atoms with Gasteiger partial charge in [-0.15, -0.1) is 0 Å². The summed E-state index contributed by atoms with van der Waals surface area (Å²) in [7, 11) is -3.94. The van der Waals surface area contributed by atoms with Crippen LogP contribution >= 0.6 is 23.2 Å². The summed E-state index contributed by atoms with van der Waals surface area (Å²) >= 11 is 11.9. The maximum absolute atomic E-state index is 11.9. The Morgan fingerprint density at radius 1 is 1.24 bits per heavy atom. The fourth-order valence-electron chi connectivity index (χ4n) is 1.57. The molecule has 0 unspecified atom stereocenters. The zero-order chi connectivity index (χ0) is 15.8. The molecule has 2 aromatic rings. The van der Waals surface area contributed by atoms with Crippen LogP contribution in [0.2, 0.25) is 10.0 Å². The second kappa shape index (κ2) is 5.69. The molecule has 0 bridgehead atoms. The van der Waals surface area contributed by atoms with Gasteiger partial charge in [0.1, 0.15) is 5.76 Å². The molecule has 9 heteroatoms. The van der Waals surface area contributed by atoms with E-state index >= 15 is 0 Å². The minimum Gasteiger partial charge on any atom is -0.456 e. The van der Waals surface area contributed by atoms with Crippen molar-refractivity contribution in [2.75, 3.05) is 5.32 Å². The van der Waals surface area contributed by atoms with Crippen molar-refractivity contribution < 1.29 is 17.6 Å². The second-order valence-electron chi connectivity index (χ2n) is 4.17. The van der Waals surface area contributed by atoms with Crippen LogP contribution < -0.4 is 10.5 Å². The molecule has 2 rings (SSSR count). The van der Waals surface area contributed by atoms with E-state index in [-0.39, 0.29) is 26.4 Å². The predicted octanol–water partition coefficient (Wildman–Crippen LogP) is 2.79. The van der Waals surface area contributed by atoms with Gasteiger partial charge in [0.15, 0.2) is 5.76 Å². The molecule has 0 radical (unpaired) electrons. The standard InChI is InChI=1S/C12H10Cl2N2O4S/c1-6-2-3-10(20-6)12(17)16-11-8(13)4-7(5-9(11)14)21(15,18)19/h2-5H,1H3,(H,16,17)(H2,15,18,19). The Morgan fingerprint density at radius 2 is 1.81 bits per heavy atom. The van der Waals surface area contributed by atoms with E-state index in [0.717, 1.165) is 12.1 Å². The van der Waals surface area contributed by atoms with Gasteiger partial charge in [-0.2, -0.15) is 0 Å². The minimum absolute atomic E-state index is 0.0526. The van der Waals surface area contributed by atoms with E-state index in [2.05, 4.69) is 5.32 Å². The Labute approximate surface area is 130 Å². The normalized spacial score (nSPS) is 11.4. The first-order valence-corrected chi connectivity index (χ1v) is 7.88. The van der Waals surface area contributed by atoms with Crippen molar-refractivity contribution >= 4 is 44.8 Å². The molecule has 112 valence electrons. The summed E-state index contributed by atoms with van der Waals surface area (Å²) < 4.78 is 27.7. The van der Waals surface area contributed by atoms with Crippen LogP contribution in [0.15, 0.2) is 33.6 Å². The van der Waals surface area contributed by atoms with Crippen LogP contribution in [0.3, 0.4) is 0 Å². The van der Waals surface area contributed by atoms with Crippen LogP contribution in [0.4, 0.5) is 5.69 Å². The van der Waals surface area contributed by atoms with Crippen LogP contribution in [0.5, 0.6) is 0 Å². The molecule has 3 N–H and O–H groups in total. The lowest BCUT2D eigenvalue weighted by Gasteiger charge is -2.10. The third-order valence-electron chi connectivity index (χ3n) is 2.55. The van der Waals surface area contributed by atoms with Crippen molar-refractivity contribution in [3.63, 3.8) is 0 Å². The molecule has 0 aliphatic heterocycles. The number of benzene rings is 1. The molecule has 1 aromatic heterocycles. The number of carbonyl (C=O) groups excluding carboxylic acids is 1. The summed E-state index contributed by atoms with van der Waals surface area (Å²) in [4.78, 5) is 11.7. The van der Waals surface area contributed by atoms with Crippen molar-refractivity contribution in [1.29, 1.82) is 0 Å². The van der Waals surface area contributed by atoms with E-state index in [0.29, 0.717) is 5.76 Å². The fourth-order valence-corrected chi connectivity index (χ4v) is 2.84. The number of rotatable bonds is 3. The number of anilines is 1. The third-order valence-corrected chi connectivity index (χ3v) is 4.04. The highest BCUT2D eigenvalue weighted by Gasteiger charge is 2.18. The molecule has 1 amide bonds. The van der Waals surface area contributed by atoms with Crippen molar-refractivity contribution in [3.05, 3.63) is 45.8 Å². The molecule has 0 aliphatic carbocycles. The summed E-state index contributed by atoms with van der Waals surface area (Å²) in [6, 6.07) is 5.32. The van der Waals surface area contributed by atoms with E-state index in [1.54, 1.807) is 13.0 Å². The van der Waals surface area contributed by atoms with E-state index in [1.165, 1.54) is 6.07 Å². The maximum atomic E-state index is 11.9. The van der Waals surface area contributed by atoms with Crippen LogP contribution in [0.25, 0.3) is 0 Å². The van der Waals surface area contributed by atoms with Gasteiger partial charge >= 0.3 is 0 Å². The number of carbonyl (C=O) groups is 1. The van der Waals surface area contributed by atoms with Gasteiger partial charge < -0.3 is 9.73 Å².